The molecule has 0 radical (unpaired) electrons. The van der Waals surface area contributed by atoms with Crippen molar-refractivity contribution in [1.82, 2.24) is 5.16 Å². The average Bonchev–Trinajstić information content (AvgIpc) is 2.83. The second-order valence-electron chi connectivity index (χ2n) is 3.65. The topological polar surface area (TPSA) is 52.3 Å². The van der Waals surface area contributed by atoms with E-state index in [1.807, 2.05) is 24.3 Å². The normalized spacial score (nSPS) is 20.8. The number of nitrogens with zero attached hydrogens (tertiary/aromatic N) is 1. The fourth-order valence-corrected chi connectivity index (χ4v) is 1.89. The van der Waals surface area contributed by atoms with E-state index in [0.717, 1.165) is 16.7 Å². The molecule has 1 aromatic heterocycles. The molecule has 76 valence electrons. The fraction of sp³-hybridized carbons (Fsp3) is 0.273. The molecule has 0 saturated carbocycles. The number of ether oxygens (including phenoxy) is 1. The molecule has 1 aromatic carbocycles. The Morgan fingerprint density at radius 3 is 3.00 bits per heavy atom. The summed E-state index contributed by atoms with van der Waals surface area (Å²) in [5.41, 5.74) is 1.59. The number of rotatable bonds is 1. The van der Waals surface area contributed by atoms with Crippen molar-refractivity contribution in [3.8, 4) is 0 Å². The zero-order valence-corrected chi connectivity index (χ0v) is 7.97. The molecule has 0 bridgehead atoms. The average molecular weight is 203 g/mol. The Hall–Kier alpha value is -1.84. The highest BCUT2D eigenvalue weighted by Crippen LogP contribution is 2.30. The molecule has 1 aliphatic heterocycles. The summed E-state index contributed by atoms with van der Waals surface area (Å²) in [6.07, 6.45) is 0.399. The smallest absolute Gasteiger partial charge is 0.306 e. The molecular weight excluding hydrogens is 194 g/mol. The second-order valence-corrected chi connectivity index (χ2v) is 3.65. The highest BCUT2D eigenvalue weighted by atomic mass is 16.5. The van der Waals surface area contributed by atoms with Gasteiger partial charge in [-0.2, -0.15) is 0 Å². The molecule has 2 heterocycles. The molecular formula is C11H9NO3. The van der Waals surface area contributed by atoms with E-state index >= 15 is 0 Å². The van der Waals surface area contributed by atoms with Gasteiger partial charge >= 0.3 is 5.97 Å². The Labute approximate surface area is 85.8 Å². The number of carbonyl (C=O) groups excluding carboxylic acids is 1. The first-order valence-corrected chi connectivity index (χ1v) is 4.84. The lowest BCUT2D eigenvalue weighted by molar-refractivity contribution is -0.137. The van der Waals surface area contributed by atoms with Crippen molar-refractivity contribution in [2.45, 2.75) is 12.3 Å². The lowest BCUT2D eigenvalue weighted by Gasteiger charge is -1.99. The van der Waals surface area contributed by atoms with Gasteiger partial charge in [-0.25, -0.2) is 0 Å². The number of esters is 1. The third-order valence-corrected chi connectivity index (χ3v) is 2.65. The van der Waals surface area contributed by atoms with Gasteiger partial charge < -0.3 is 9.26 Å². The number of benzene rings is 1. The van der Waals surface area contributed by atoms with E-state index in [4.69, 9.17) is 9.26 Å². The van der Waals surface area contributed by atoms with E-state index in [-0.39, 0.29) is 11.9 Å². The Bertz CT molecular complexity index is 517. The maximum Gasteiger partial charge on any atom is 0.306 e. The van der Waals surface area contributed by atoms with E-state index < -0.39 is 0 Å². The van der Waals surface area contributed by atoms with Gasteiger partial charge in [0.1, 0.15) is 6.61 Å². The second kappa shape index (κ2) is 3.08. The molecule has 4 heteroatoms. The van der Waals surface area contributed by atoms with Crippen LogP contribution >= 0.6 is 0 Å². The molecule has 3 rings (SSSR count). The maximum absolute atomic E-state index is 11.0. The number of fused-ring (bicyclic) bond motifs is 1. The number of aromatic nitrogens is 1. The van der Waals surface area contributed by atoms with Gasteiger partial charge in [0.05, 0.1) is 18.0 Å². The zero-order chi connectivity index (χ0) is 10.3. The summed E-state index contributed by atoms with van der Waals surface area (Å²) < 4.78 is 10.1. The van der Waals surface area contributed by atoms with Gasteiger partial charge in [-0.05, 0) is 12.1 Å². The molecule has 0 spiro atoms. The molecule has 1 saturated heterocycles. The van der Waals surface area contributed by atoms with Gasteiger partial charge in [-0.1, -0.05) is 17.3 Å². The van der Waals surface area contributed by atoms with E-state index in [1.165, 1.54) is 0 Å². The predicted molar refractivity (Wildman–Crippen MR) is 52.3 cm³/mol. The quantitative estimate of drug-likeness (QED) is 0.664. The predicted octanol–water partition coefficient (Wildman–Crippen LogP) is 1.86. The van der Waals surface area contributed by atoms with Crippen molar-refractivity contribution in [2.75, 3.05) is 6.61 Å². The lowest BCUT2D eigenvalue weighted by atomic mass is 10.0. The fourth-order valence-electron chi connectivity index (χ4n) is 1.89. The van der Waals surface area contributed by atoms with Crippen LogP contribution < -0.4 is 0 Å². The van der Waals surface area contributed by atoms with E-state index in [2.05, 4.69) is 5.16 Å². The Kier molecular flexibility index (Phi) is 1.74. The first kappa shape index (κ1) is 8.47. The molecule has 0 N–H and O–H groups in total. The third-order valence-electron chi connectivity index (χ3n) is 2.65. The van der Waals surface area contributed by atoms with Crippen molar-refractivity contribution >= 4 is 16.9 Å². The van der Waals surface area contributed by atoms with Crippen LogP contribution in [0, 0.1) is 0 Å². The van der Waals surface area contributed by atoms with E-state index in [9.17, 15) is 4.79 Å². The van der Waals surface area contributed by atoms with Crippen LogP contribution in [0.25, 0.3) is 11.0 Å². The van der Waals surface area contributed by atoms with Crippen LogP contribution in [-0.4, -0.2) is 17.7 Å². The minimum atomic E-state index is -0.160. The number of hydrogen-bond acceptors (Lipinski definition) is 4. The van der Waals surface area contributed by atoms with Crippen LogP contribution in [-0.2, 0) is 9.53 Å². The summed E-state index contributed by atoms with van der Waals surface area (Å²) in [5, 5.41) is 4.98. The Morgan fingerprint density at radius 2 is 2.20 bits per heavy atom. The van der Waals surface area contributed by atoms with Crippen LogP contribution in [0.2, 0.25) is 0 Å². The largest absolute Gasteiger partial charge is 0.465 e. The van der Waals surface area contributed by atoms with Gasteiger partial charge in [0.15, 0.2) is 5.58 Å². The number of carbonyl (C=O) groups is 1. The number of cyclic esters (lactones) is 1. The molecule has 0 aliphatic carbocycles. The summed E-state index contributed by atoms with van der Waals surface area (Å²) in [6, 6.07) is 7.64. The molecule has 2 aromatic rings. The molecule has 0 amide bonds. The lowest BCUT2D eigenvalue weighted by Crippen LogP contribution is -1.97. The monoisotopic (exact) mass is 203 g/mol. The number of para-hydroxylation sites is 1. The maximum atomic E-state index is 11.0. The van der Waals surface area contributed by atoms with Crippen LogP contribution in [0.5, 0.6) is 0 Å². The molecule has 1 fully saturated rings. The van der Waals surface area contributed by atoms with Gasteiger partial charge in [0, 0.05) is 5.39 Å². The van der Waals surface area contributed by atoms with E-state index in [0.29, 0.717) is 13.0 Å². The van der Waals surface area contributed by atoms with Gasteiger partial charge in [0.2, 0.25) is 0 Å². The minimum absolute atomic E-state index is 0.0427. The highest BCUT2D eigenvalue weighted by molar-refractivity contribution is 5.81. The first-order valence-electron chi connectivity index (χ1n) is 4.84. The molecule has 1 aliphatic rings. The van der Waals surface area contributed by atoms with Gasteiger partial charge in [-0.15, -0.1) is 0 Å². The van der Waals surface area contributed by atoms with Crippen molar-refractivity contribution in [1.29, 1.82) is 0 Å². The summed E-state index contributed by atoms with van der Waals surface area (Å²) in [4.78, 5) is 11.0. The van der Waals surface area contributed by atoms with Crippen molar-refractivity contribution in [3.05, 3.63) is 30.0 Å². The van der Waals surface area contributed by atoms with Crippen LogP contribution in [0.3, 0.4) is 0 Å². The minimum Gasteiger partial charge on any atom is -0.465 e. The van der Waals surface area contributed by atoms with Gasteiger partial charge in [-0.3, -0.25) is 4.79 Å². The van der Waals surface area contributed by atoms with Crippen molar-refractivity contribution < 1.29 is 14.1 Å². The first-order chi connectivity index (χ1) is 7.34. The third kappa shape index (κ3) is 1.29. The SMILES string of the molecule is O=C1CC(c2noc3ccccc23)CO1. The van der Waals surface area contributed by atoms with Crippen molar-refractivity contribution in [3.63, 3.8) is 0 Å². The summed E-state index contributed by atoms with van der Waals surface area (Å²) in [7, 11) is 0. The summed E-state index contributed by atoms with van der Waals surface area (Å²) in [5.74, 6) is -0.117. The Balaban J connectivity index is 2.07. The van der Waals surface area contributed by atoms with Crippen molar-refractivity contribution in [2.24, 2.45) is 0 Å². The molecule has 4 nitrogen and oxygen atoms in total. The van der Waals surface area contributed by atoms with Crippen LogP contribution in [0.4, 0.5) is 0 Å². The summed E-state index contributed by atoms with van der Waals surface area (Å²) >= 11 is 0. The standard InChI is InChI=1S/C11H9NO3/c13-10-5-7(6-14-10)11-8-3-1-2-4-9(8)15-12-11/h1-4,7H,5-6H2. The van der Waals surface area contributed by atoms with E-state index in [1.54, 1.807) is 0 Å². The zero-order valence-electron chi connectivity index (χ0n) is 7.97. The van der Waals surface area contributed by atoms with Crippen LogP contribution in [0.1, 0.15) is 18.0 Å². The molecule has 1 unspecified atom stereocenters. The van der Waals surface area contributed by atoms with Crippen LogP contribution in [0.15, 0.2) is 28.8 Å². The highest BCUT2D eigenvalue weighted by Gasteiger charge is 2.29. The van der Waals surface area contributed by atoms with Gasteiger partial charge in [0.25, 0.3) is 0 Å². The summed E-state index contributed by atoms with van der Waals surface area (Å²) in [6.45, 7) is 0.412. The Morgan fingerprint density at radius 1 is 1.33 bits per heavy atom. The number of hydrogen-bond donors (Lipinski definition) is 0. The molecule has 1 atom stereocenters. The molecule has 15 heavy (non-hydrogen) atoms.